The number of nitrogens with zero attached hydrogens (tertiary/aromatic N) is 2. The number of thiocarbonyl (C=S) groups is 1. The Morgan fingerprint density at radius 2 is 2.04 bits per heavy atom. The summed E-state index contributed by atoms with van der Waals surface area (Å²) >= 11 is 5.29. The Labute approximate surface area is 155 Å². The van der Waals surface area contributed by atoms with E-state index in [0.29, 0.717) is 23.6 Å². The lowest BCUT2D eigenvalue weighted by Crippen LogP contribution is -2.30. The number of hydrogen-bond donors (Lipinski definition) is 1. The molecule has 1 amide bonds. The van der Waals surface area contributed by atoms with Crippen LogP contribution in [0.4, 0.5) is 11.4 Å². The number of carbonyl (C=O) groups is 1. The van der Waals surface area contributed by atoms with Gasteiger partial charge < -0.3 is 10.1 Å². The van der Waals surface area contributed by atoms with Crippen molar-refractivity contribution in [1.82, 2.24) is 5.32 Å². The summed E-state index contributed by atoms with van der Waals surface area (Å²) < 4.78 is 5.57. The second kappa shape index (κ2) is 7.32. The summed E-state index contributed by atoms with van der Waals surface area (Å²) in [6, 6.07) is 13.1. The van der Waals surface area contributed by atoms with Gasteiger partial charge in [0.15, 0.2) is 5.11 Å². The van der Waals surface area contributed by atoms with Crippen molar-refractivity contribution in [3.05, 3.63) is 69.9 Å². The van der Waals surface area contributed by atoms with Crippen molar-refractivity contribution in [2.24, 2.45) is 0 Å². The number of rotatable bonds is 5. The molecule has 3 rings (SSSR count). The molecule has 1 N–H and O–H groups in total. The zero-order valence-electron chi connectivity index (χ0n) is 13.8. The topological polar surface area (TPSA) is 84.7 Å². The highest BCUT2D eigenvalue weighted by atomic mass is 32.1. The highest BCUT2D eigenvalue weighted by molar-refractivity contribution is 7.80. The number of nitro groups is 1. The summed E-state index contributed by atoms with van der Waals surface area (Å²) in [6.07, 6.45) is 1.53. The van der Waals surface area contributed by atoms with Crippen LogP contribution in [0, 0.1) is 10.1 Å². The van der Waals surface area contributed by atoms with Crippen LogP contribution in [0.5, 0.6) is 5.75 Å². The number of non-ortho nitro benzene ring substituents is 1. The zero-order chi connectivity index (χ0) is 18.7. The minimum absolute atomic E-state index is 0.0501. The van der Waals surface area contributed by atoms with Crippen LogP contribution in [0.15, 0.2) is 54.2 Å². The van der Waals surface area contributed by atoms with Gasteiger partial charge >= 0.3 is 0 Å². The van der Waals surface area contributed by atoms with Gasteiger partial charge in [-0.1, -0.05) is 24.3 Å². The number of anilines is 1. The predicted octanol–water partition coefficient (Wildman–Crippen LogP) is 3.26. The first-order chi connectivity index (χ1) is 12.5. The molecule has 2 aromatic carbocycles. The maximum absolute atomic E-state index is 12.8. The average Bonchev–Trinajstić information content (AvgIpc) is 2.89. The maximum atomic E-state index is 12.8. The molecule has 2 aromatic rings. The van der Waals surface area contributed by atoms with Crippen molar-refractivity contribution in [2.45, 2.75) is 6.92 Å². The van der Waals surface area contributed by atoms with Gasteiger partial charge in [-0.25, -0.2) is 4.90 Å². The van der Waals surface area contributed by atoms with E-state index < -0.39 is 4.92 Å². The van der Waals surface area contributed by atoms with Crippen LogP contribution in [0.25, 0.3) is 6.08 Å². The third-order valence-corrected chi connectivity index (χ3v) is 3.96. The number of carbonyl (C=O) groups excluding carboxylic acids is 1. The Morgan fingerprint density at radius 1 is 1.27 bits per heavy atom. The summed E-state index contributed by atoms with van der Waals surface area (Å²) in [5, 5.41) is 14.0. The summed E-state index contributed by atoms with van der Waals surface area (Å²) in [7, 11) is 0. The van der Waals surface area contributed by atoms with Gasteiger partial charge in [0.05, 0.1) is 17.2 Å². The fourth-order valence-electron chi connectivity index (χ4n) is 2.57. The maximum Gasteiger partial charge on any atom is 0.281 e. The molecule has 1 fully saturated rings. The number of nitro benzene ring substituents is 1. The molecule has 1 aliphatic rings. The first-order valence-electron chi connectivity index (χ1n) is 7.84. The molecule has 8 heteroatoms. The molecule has 0 atom stereocenters. The van der Waals surface area contributed by atoms with E-state index in [1.807, 2.05) is 13.0 Å². The lowest BCUT2D eigenvalue weighted by Gasteiger charge is -2.17. The van der Waals surface area contributed by atoms with E-state index in [1.54, 1.807) is 30.3 Å². The fraction of sp³-hybridized carbons (Fsp3) is 0.111. The quantitative estimate of drug-likeness (QED) is 0.377. The number of amides is 1. The Bertz CT molecular complexity index is 926. The normalized spacial score (nSPS) is 15.3. The molecule has 0 spiro atoms. The lowest BCUT2D eigenvalue weighted by molar-refractivity contribution is -0.384. The van der Waals surface area contributed by atoms with Crippen molar-refractivity contribution in [2.75, 3.05) is 11.5 Å². The number of benzene rings is 2. The van der Waals surface area contributed by atoms with Crippen LogP contribution in [0.3, 0.4) is 0 Å². The number of para-hydroxylation sites is 2. The van der Waals surface area contributed by atoms with E-state index in [-0.39, 0.29) is 22.4 Å². The van der Waals surface area contributed by atoms with Crippen molar-refractivity contribution >= 4 is 40.7 Å². The summed E-state index contributed by atoms with van der Waals surface area (Å²) in [5.41, 5.74) is 1.25. The molecule has 0 saturated carbocycles. The molecule has 1 heterocycles. The highest BCUT2D eigenvalue weighted by Crippen LogP contribution is 2.31. The van der Waals surface area contributed by atoms with Gasteiger partial charge in [0.1, 0.15) is 11.4 Å². The molecule has 7 nitrogen and oxygen atoms in total. The van der Waals surface area contributed by atoms with E-state index in [1.165, 1.54) is 23.1 Å². The molecule has 132 valence electrons. The molecule has 0 aromatic heterocycles. The Balaban J connectivity index is 1.95. The minimum Gasteiger partial charge on any atom is -0.492 e. The van der Waals surface area contributed by atoms with Gasteiger partial charge in [-0.3, -0.25) is 14.9 Å². The summed E-state index contributed by atoms with van der Waals surface area (Å²) in [4.78, 5) is 24.6. The SMILES string of the molecule is CCOc1ccccc1N1C(=O)/C(=C\c2cccc([N+](=O)[O-])c2)NC1=S. The predicted molar refractivity (Wildman–Crippen MR) is 102 cm³/mol. The molecule has 1 saturated heterocycles. The molecule has 1 aliphatic heterocycles. The molecular formula is C18H15N3O4S. The van der Waals surface area contributed by atoms with Crippen molar-refractivity contribution < 1.29 is 14.5 Å². The molecule has 0 radical (unpaired) electrons. The van der Waals surface area contributed by atoms with Crippen LogP contribution in [0.1, 0.15) is 12.5 Å². The molecule has 0 aliphatic carbocycles. The van der Waals surface area contributed by atoms with Crippen molar-refractivity contribution in [1.29, 1.82) is 0 Å². The fourth-order valence-corrected chi connectivity index (χ4v) is 2.86. The van der Waals surface area contributed by atoms with E-state index >= 15 is 0 Å². The average molecular weight is 369 g/mol. The third-order valence-electron chi connectivity index (χ3n) is 3.68. The number of nitrogens with one attached hydrogen (secondary N) is 1. The van der Waals surface area contributed by atoms with E-state index in [4.69, 9.17) is 17.0 Å². The van der Waals surface area contributed by atoms with Gasteiger partial charge in [-0.2, -0.15) is 0 Å². The largest absolute Gasteiger partial charge is 0.492 e. The minimum atomic E-state index is -0.485. The first kappa shape index (κ1) is 17.6. The van der Waals surface area contributed by atoms with Crippen molar-refractivity contribution in [3.8, 4) is 5.75 Å². The number of hydrogen-bond acceptors (Lipinski definition) is 5. The molecule has 0 unspecified atom stereocenters. The third kappa shape index (κ3) is 3.40. The summed E-state index contributed by atoms with van der Waals surface area (Å²) in [5.74, 6) is 0.192. The second-order valence-corrected chi connectivity index (χ2v) is 5.77. The van der Waals surface area contributed by atoms with Crippen LogP contribution in [-0.2, 0) is 4.79 Å². The monoisotopic (exact) mass is 369 g/mol. The van der Waals surface area contributed by atoms with Crippen LogP contribution in [-0.4, -0.2) is 22.5 Å². The highest BCUT2D eigenvalue weighted by Gasteiger charge is 2.33. The standard InChI is InChI=1S/C18H15N3O4S/c1-2-25-16-9-4-3-8-15(16)20-17(22)14(19-18(20)26)11-12-6-5-7-13(10-12)21(23)24/h3-11H,2H2,1H3,(H,19,26)/b14-11+. The first-order valence-corrected chi connectivity index (χ1v) is 8.25. The van der Waals surface area contributed by atoms with Crippen LogP contribution in [0.2, 0.25) is 0 Å². The number of ether oxygens (including phenoxy) is 1. The second-order valence-electron chi connectivity index (χ2n) is 5.38. The molecule has 26 heavy (non-hydrogen) atoms. The van der Waals surface area contributed by atoms with E-state index in [0.717, 1.165) is 0 Å². The van der Waals surface area contributed by atoms with Crippen LogP contribution >= 0.6 is 12.2 Å². The molecule has 0 bridgehead atoms. The Hall–Kier alpha value is -3.26. The Morgan fingerprint density at radius 3 is 2.77 bits per heavy atom. The Kier molecular flexibility index (Phi) is 4.94. The van der Waals surface area contributed by atoms with Crippen LogP contribution < -0.4 is 15.0 Å². The molecular weight excluding hydrogens is 354 g/mol. The lowest BCUT2D eigenvalue weighted by atomic mass is 10.1. The van der Waals surface area contributed by atoms with Gasteiger partial charge in [-0.15, -0.1) is 0 Å². The van der Waals surface area contributed by atoms with Gasteiger partial charge in [0.2, 0.25) is 0 Å². The van der Waals surface area contributed by atoms with E-state index in [9.17, 15) is 14.9 Å². The zero-order valence-corrected chi connectivity index (χ0v) is 14.7. The van der Waals surface area contributed by atoms with Gasteiger partial charge in [0.25, 0.3) is 11.6 Å². The smallest absolute Gasteiger partial charge is 0.281 e. The van der Waals surface area contributed by atoms with E-state index in [2.05, 4.69) is 5.32 Å². The van der Waals surface area contributed by atoms with Gasteiger partial charge in [0, 0.05) is 12.1 Å². The summed E-state index contributed by atoms with van der Waals surface area (Å²) in [6.45, 7) is 2.31. The van der Waals surface area contributed by atoms with Gasteiger partial charge in [-0.05, 0) is 42.9 Å². The van der Waals surface area contributed by atoms with Crippen molar-refractivity contribution in [3.63, 3.8) is 0 Å².